The molecule has 24 heavy (non-hydrogen) atoms. The molecule has 0 heterocycles. The zero-order valence-electron chi connectivity index (χ0n) is 14.2. The molecule has 0 radical (unpaired) electrons. The molecule has 1 atom stereocenters. The zero-order chi connectivity index (χ0) is 17.9. The van der Waals surface area contributed by atoms with E-state index in [0.717, 1.165) is 17.5 Å². The van der Waals surface area contributed by atoms with Crippen molar-refractivity contribution in [3.63, 3.8) is 0 Å². The highest BCUT2D eigenvalue weighted by Crippen LogP contribution is 2.31. The number of phenolic OH excluding ortho intramolecular Hbond substituents is 2. The first-order valence-corrected chi connectivity index (χ1v) is 7.90. The Balaban J connectivity index is 2.64. The van der Waals surface area contributed by atoms with Crippen LogP contribution in [0, 0.1) is 18.7 Å². The van der Waals surface area contributed by atoms with Crippen LogP contribution in [0.15, 0.2) is 41.9 Å². The fraction of sp³-hybridized carbons (Fsp3) is 0.250. The van der Waals surface area contributed by atoms with Gasteiger partial charge in [-0.25, -0.2) is 4.39 Å². The van der Waals surface area contributed by atoms with Gasteiger partial charge in [-0.05, 0) is 60.2 Å². The standard InChI is InChI=1S/C20H22FNO2/c1-5-12(3)20(15-7-8-19(24)17(21)10-15)22-18-11-16(23)9-14(6-2)13(18)4/h6-12,23-24H,2,5H2,1,3-4H3. The summed E-state index contributed by atoms with van der Waals surface area (Å²) in [7, 11) is 0. The summed E-state index contributed by atoms with van der Waals surface area (Å²) in [5.74, 6) is -0.870. The van der Waals surface area contributed by atoms with E-state index in [4.69, 9.17) is 4.99 Å². The van der Waals surface area contributed by atoms with Gasteiger partial charge in [-0.15, -0.1) is 0 Å². The van der Waals surface area contributed by atoms with E-state index in [-0.39, 0.29) is 17.4 Å². The molecule has 0 saturated carbocycles. The molecule has 126 valence electrons. The van der Waals surface area contributed by atoms with Gasteiger partial charge in [0.25, 0.3) is 0 Å². The van der Waals surface area contributed by atoms with Crippen molar-refractivity contribution in [2.75, 3.05) is 0 Å². The third kappa shape index (κ3) is 3.65. The first-order chi connectivity index (χ1) is 11.4. The third-order valence-electron chi connectivity index (χ3n) is 4.19. The number of hydrogen-bond acceptors (Lipinski definition) is 3. The monoisotopic (exact) mass is 327 g/mol. The van der Waals surface area contributed by atoms with Crippen LogP contribution in [-0.2, 0) is 0 Å². The van der Waals surface area contributed by atoms with Gasteiger partial charge in [0, 0.05) is 6.07 Å². The van der Waals surface area contributed by atoms with Crippen molar-refractivity contribution in [1.82, 2.24) is 0 Å². The molecule has 0 spiro atoms. The van der Waals surface area contributed by atoms with Gasteiger partial charge in [-0.1, -0.05) is 26.5 Å². The van der Waals surface area contributed by atoms with Crippen molar-refractivity contribution in [3.8, 4) is 11.5 Å². The first-order valence-electron chi connectivity index (χ1n) is 7.90. The van der Waals surface area contributed by atoms with Crippen molar-refractivity contribution >= 4 is 17.5 Å². The van der Waals surface area contributed by atoms with Crippen molar-refractivity contribution < 1.29 is 14.6 Å². The lowest BCUT2D eigenvalue weighted by Crippen LogP contribution is -2.12. The molecule has 2 aromatic carbocycles. The molecule has 0 bridgehead atoms. The fourth-order valence-electron chi connectivity index (χ4n) is 2.48. The van der Waals surface area contributed by atoms with E-state index < -0.39 is 5.82 Å². The lowest BCUT2D eigenvalue weighted by molar-refractivity contribution is 0.432. The van der Waals surface area contributed by atoms with Crippen LogP contribution >= 0.6 is 0 Å². The van der Waals surface area contributed by atoms with Crippen LogP contribution in [0.4, 0.5) is 10.1 Å². The number of benzene rings is 2. The molecular formula is C20H22FNO2. The zero-order valence-corrected chi connectivity index (χ0v) is 14.2. The highest BCUT2D eigenvalue weighted by atomic mass is 19.1. The number of aliphatic imine (C=N–C) groups is 1. The average Bonchev–Trinajstić information content (AvgIpc) is 2.57. The van der Waals surface area contributed by atoms with E-state index in [2.05, 4.69) is 6.58 Å². The molecule has 2 N–H and O–H groups in total. The minimum Gasteiger partial charge on any atom is -0.508 e. The third-order valence-corrected chi connectivity index (χ3v) is 4.19. The van der Waals surface area contributed by atoms with Gasteiger partial charge >= 0.3 is 0 Å². The Kier molecular flexibility index (Phi) is 5.39. The molecular weight excluding hydrogens is 305 g/mol. The van der Waals surface area contributed by atoms with Crippen LogP contribution in [-0.4, -0.2) is 15.9 Å². The molecule has 0 amide bonds. The second-order valence-corrected chi connectivity index (χ2v) is 5.86. The number of aromatic hydroxyl groups is 2. The summed E-state index contributed by atoms with van der Waals surface area (Å²) in [5, 5.41) is 19.3. The lowest BCUT2D eigenvalue weighted by atomic mass is 9.95. The molecule has 4 heteroatoms. The second kappa shape index (κ2) is 7.30. The average molecular weight is 327 g/mol. The van der Waals surface area contributed by atoms with Gasteiger partial charge in [-0.2, -0.15) is 0 Å². The molecule has 1 unspecified atom stereocenters. The Hall–Kier alpha value is -2.62. The quantitative estimate of drug-likeness (QED) is 0.727. The summed E-state index contributed by atoms with van der Waals surface area (Å²) < 4.78 is 13.7. The Labute approximate surface area is 141 Å². The van der Waals surface area contributed by atoms with E-state index in [9.17, 15) is 14.6 Å². The maximum atomic E-state index is 13.7. The molecule has 0 aromatic heterocycles. The molecule has 0 aliphatic heterocycles. The van der Waals surface area contributed by atoms with Crippen LogP contribution < -0.4 is 0 Å². The van der Waals surface area contributed by atoms with Gasteiger partial charge in [0.2, 0.25) is 0 Å². The predicted octanol–water partition coefficient (Wildman–Crippen LogP) is 5.36. The number of nitrogens with zero attached hydrogens (tertiary/aromatic N) is 1. The summed E-state index contributed by atoms with van der Waals surface area (Å²) in [4.78, 5) is 4.70. The summed E-state index contributed by atoms with van der Waals surface area (Å²) >= 11 is 0. The second-order valence-electron chi connectivity index (χ2n) is 5.86. The van der Waals surface area contributed by atoms with Crippen molar-refractivity contribution in [2.24, 2.45) is 10.9 Å². The Morgan fingerprint density at radius 1 is 1.29 bits per heavy atom. The van der Waals surface area contributed by atoms with E-state index in [1.54, 1.807) is 24.3 Å². The minimum atomic E-state index is -0.678. The Bertz CT molecular complexity index is 796. The molecule has 2 aromatic rings. The van der Waals surface area contributed by atoms with Gasteiger partial charge in [-0.3, -0.25) is 4.99 Å². The first kappa shape index (κ1) is 17.7. The lowest BCUT2D eigenvalue weighted by Gasteiger charge is -2.15. The van der Waals surface area contributed by atoms with Crippen LogP contribution in [0.5, 0.6) is 11.5 Å². The number of halogens is 1. The number of rotatable bonds is 5. The van der Waals surface area contributed by atoms with Crippen molar-refractivity contribution in [2.45, 2.75) is 27.2 Å². The topological polar surface area (TPSA) is 52.8 Å². The van der Waals surface area contributed by atoms with E-state index in [0.29, 0.717) is 17.0 Å². The summed E-state index contributed by atoms with van der Waals surface area (Å²) in [5.41, 5.74) is 3.63. The van der Waals surface area contributed by atoms with E-state index >= 15 is 0 Å². The summed E-state index contributed by atoms with van der Waals surface area (Å²) in [6.07, 6.45) is 2.49. The molecule has 2 rings (SSSR count). The van der Waals surface area contributed by atoms with Gasteiger partial charge in [0.05, 0.1) is 11.4 Å². The molecule has 0 aliphatic rings. The highest BCUT2D eigenvalue weighted by molar-refractivity contribution is 6.03. The maximum absolute atomic E-state index is 13.7. The van der Waals surface area contributed by atoms with Gasteiger partial charge in [0.1, 0.15) is 5.75 Å². The van der Waals surface area contributed by atoms with Crippen molar-refractivity contribution in [3.05, 3.63) is 59.4 Å². The smallest absolute Gasteiger partial charge is 0.165 e. The minimum absolute atomic E-state index is 0.0860. The van der Waals surface area contributed by atoms with Gasteiger partial charge in [0.15, 0.2) is 11.6 Å². The highest BCUT2D eigenvalue weighted by Gasteiger charge is 2.15. The molecule has 0 saturated heterocycles. The largest absolute Gasteiger partial charge is 0.508 e. The summed E-state index contributed by atoms with van der Waals surface area (Å²) in [6, 6.07) is 7.47. The van der Waals surface area contributed by atoms with Gasteiger partial charge < -0.3 is 10.2 Å². The Morgan fingerprint density at radius 3 is 2.58 bits per heavy atom. The predicted molar refractivity (Wildman–Crippen MR) is 96.7 cm³/mol. The fourth-order valence-corrected chi connectivity index (χ4v) is 2.48. The normalized spacial score (nSPS) is 12.9. The molecule has 3 nitrogen and oxygen atoms in total. The van der Waals surface area contributed by atoms with E-state index in [1.807, 2.05) is 20.8 Å². The summed E-state index contributed by atoms with van der Waals surface area (Å²) in [6.45, 7) is 9.69. The maximum Gasteiger partial charge on any atom is 0.165 e. The van der Waals surface area contributed by atoms with Crippen LogP contribution in [0.3, 0.4) is 0 Å². The number of phenols is 2. The molecule has 0 fully saturated rings. The van der Waals surface area contributed by atoms with Crippen molar-refractivity contribution in [1.29, 1.82) is 0 Å². The van der Waals surface area contributed by atoms with Crippen LogP contribution in [0.2, 0.25) is 0 Å². The number of hydrogen-bond donors (Lipinski definition) is 2. The van der Waals surface area contributed by atoms with E-state index in [1.165, 1.54) is 12.1 Å². The molecule has 0 aliphatic carbocycles. The van der Waals surface area contributed by atoms with Crippen LogP contribution in [0.25, 0.3) is 6.08 Å². The Morgan fingerprint density at radius 2 is 2.00 bits per heavy atom. The van der Waals surface area contributed by atoms with Crippen LogP contribution in [0.1, 0.15) is 37.0 Å². The SMILES string of the molecule is C=Cc1cc(O)cc(N=C(c2ccc(O)c(F)c2)C(C)CC)c1C.